The van der Waals surface area contributed by atoms with Crippen LogP contribution in [-0.4, -0.2) is 10.2 Å². The van der Waals surface area contributed by atoms with Crippen molar-refractivity contribution < 1.29 is 0 Å². The van der Waals surface area contributed by atoms with Gasteiger partial charge in [0.25, 0.3) is 11.1 Å². The molecule has 0 aliphatic heterocycles. The van der Waals surface area contributed by atoms with Gasteiger partial charge in [-0.2, -0.15) is 0 Å². The summed E-state index contributed by atoms with van der Waals surface area (Å²) in [6, 6.07) is 11.7. The molecule has 0 atom stereocenters. The van der Waals surface area contributed by atoms with Crippen LogP contribution >= 0.6 is 0 Å². The van der Waals surface area contributed by atoms with Crippen LogP contribution in [0.4, 0.5) is 0 Å². The van der Waals surface area contributed by atoms with E-state index in [9.17, 15) is 9.59 Å². The molecule has 0 saturated heterocycles. The first-order chi connectivity index (χ1) is 9.25. The van der Waals surface area contributed by atoms with Gasteiger partial charge in [-0.1, -0.05) is 30.3 Å². The standard InChI is InChI=1S/C15H10N2O2/c18-14-11-6-5-9-7-8-3-1-2-4-10(8)12(9)13(11)15(19)17-16-14/h1-6H,7H2,(H,16,18)(H,17,19). The first-order valence-electron chi connectivity index (χ1n) is 6.10. The first-order valence-corrected chi connectivity index (χ1v) is 6.10. The molecule has 0 spiro atoms. The Morgan fingerprint density at radius 2 is 1.63 bits per heavy atom. The average molecular weight is 250 g/mol. The van der Waals surface area contributed by atoms with E-state index in [2.05, 4.69) is 16.3 Å². The Morgan fingerprint density at radius 3 is 2.53 bits per heavy atom. The number of aromatic nitrogens is 2. The molecular formula is C15H10N2O2. The maximum absolute atomic E-state index is 12.1. The van der Waals surface area contributed by atoms with E-state index in [1.54, 1.807) is 6.07 Å². The van der Waals surface area contributed by atoms with Crippen LogP contribution in [0.1, 0.15) is 11.1 Å². The second-order valence-corrected chi connectivity index (χ2v) is 4.76. The highest BCUT2D eigenvalue weighted by atomic mass is 16.1. The number of rotatable bonds is 0. The van der Waals surface area contributed by atoms with Crippen LogP contribution in [-0.2, 0) is 6.42 Å². The summed E-state index contributed by atoms with van der Waals surface area (Å²) >= 11 is 0. The zero-order valence-corrected chi connectivity index (χ0v) is 9.99. The summed E-state index contributed by atoms with van der Waals surface area (Å²) in [7, 11) is 0. The van der Waals surface area contributed by atoms with E-state index < -0.39 is 0 Å². The van der Waals surface area contributed by atoms with Crippen molar-refractivity contribution in [3.8, 4) is 11.1 Å². The number of aromatic amines is 2. The summed E-state index contributed by atoms with van der Waals surface area (Å²) in [4.78, 5) is 23.9. The van der Waals surface area contributed by atoms with Crippen molar-refractivity contribution in [3.05, 3.63) is 68.2 Å². The molecule has 1 heterocycles. The van der Waals surface area contributed by atoms with Crippen molar-refractivity contribution in [2.75, 3.05) is 0 Å². The third kappa shape index (κ3) is 1.28. The van der Waals surface area contributed by atoms with Crippen LogP contribution in [0.25, 0.3) is 21.9 Å². The minimum atomic E-state index is -0.262. The zero-order chi connectivity index (χ0) is 13.0. The molecule has 2 N–H and O–H groups in total. The van der Waals surface area contributed by atoms with Crippen LogP contribution in [0.3, 0.4) is 0 Å². The number of H-pyrrole nitrogens is 2. The number of benzene rings is 2. The smallest absolute Gasteiger partial charge is 0.267 e. The van der Waals surface area contributed by atoms with Crippen molar-refractivity contribution in [3.63, 3.8) is 0 Å². The van der Waals surface area contributed by atoms with Crippen LogP contribution in [0.2, 0.25) is 0 Å². The number of fused-ring (bicyclic) bond motifs is 5. The van der Waals surface area contributed by atoms with Gasteiger partial charge >= 0.3 is 0 Å². The van der Waals surface area contributed by atoms with E-state index >= 15 is 0 Å². The van der Waals surface area contributed by atoms with Gasteiger partial charge in [-0.25, -0.2) is 0 Å². The maximum Gasteiger partial charge on any atom is 0.271 e. The number of nitrogens with one attached hydrogen (secondary N) is 2. The van der Waals surface area contributed by atoms with Crippen LogP contribution in [0.15, 0.2) is 46.0 Å². The number of hydrogen-bond donors (Lipinski definition) is 2. The molecule has 4 rings (SSSR count). The van der Waals surface area contributed by atoms with E-state index in [0.717, 1.165) is 23.1 Å². The van der Waals surface area contributed by atoms with Gasteiger partial charge in [-0.15, -0.1) is 0 Å². The predicted molar refractivity (Wildman–Crippen MR) is 73.4 cm³/mol. The minimum absolute atomic E-state index is 0.247. The molecule has 1 aliphatic rings. The highest BCUT2D eigenvalue weighted by Gasteiger charge is 2.22. The molecule has 4 nitrogen and oxygen atoms in total. The molecule has 0 amide bonds. The monoisotopic (exact) mass is 250 g/mol. The first kappa shape index (κ1) is 10.3. The van der Waals surface area contributed by atoms with Gasteiger partial charge in [0.1, 0.15) is 0 Å². The van der Waals surface area contributed by atoms with Gasteiger partial charge < -0.3 is 0 Å². The Balaban J connectivity index is 2.28. The average Bonchev–Trinajstić information content (AvgIpc) is 2.81. The Hall–Kier alpha value is -2.62. The second-order valence-electron chi connectivity index (χ2n) is 4.76. The molecule has 0 radical (unpaired) electrons. The molecule has 1 aliphatic carbocycles. The fourth-order valence-electron chi connectivity index (χ4n) is 2.89. The molecular weight excluding hydrogens is 240 g/mol. The second kappa shape index (κ2) is 3.45. The third-order valence-corrected chi connectivity index (χ3v) is 3.72. The van der Waals surface area contributed by atoms with Gasteiger partial charge in [0.05, 0.1) is 10.8 Å². The summed E-state index contributed by atoms with van der Waals surface area (Å²) in [5.41, 5.74) is 3.75. The lowest BCUT2D eigenvalue weighted by Gasteiger charge is -2.04. The SMILES string of the molecule is O=c1[nH][nH]c(=O)c2c3c(ccc12)Cc1ccccc1-3. The topological polar surface area (TPSA) is 65.7 Å². The summed E-state index contributed by atoms with van der Waals surface area (Å²) in [5.74, 6) is 0. The fraction of sp³-hybridized carbons (Fsp3) is 0.0667. The normalized spacial score (nSPS) is 12.4. The van der Waals surface area contributed by atoms with E-state index in [0.29, 0.717) is 10.8 Å². The van der Waals surface area contributed by atoms with Gasteiger partial charge in [-0.05, 0) is 34.7 Å². The molecule has 0 bridgehead atoms. The van der Waals surface area contributed by atoms with E-state index in [4.69, 9.17) is 0 Å². The predicted octanol–water partition coefficient (Wildman–Crippen LogP) is 1.79. The van der Waals surface area contributed by atoms with Crippen LogP contribution < -0.4 is 11.1 Å². The van der Waals surface area contributed by atoms with Crippen LogP contribution in [0, 0.1) is 0 Å². The Bertz CT molecular complexity index is 935. The summed E-state index contributed by atoms with van der Waals surface area (Å²) < 4.78 is 0. The van der Waals surface area contributed by atoms with Gasteiger partial charge in [0.2, 0.25) is 0 Å². The third-order valence-electron chi connectivity index (χ3n) is 3.72. The maximum atomic E-state index is 12.1. The van der Waals surface area contributed by atoms with Crippen molar-refractivity contribution in [1.82, 2.24) is 10.2 Å². The van der Waals surface area contributed by atoms with E-state index in [1.165, 1.54) is 5.56 Å². The van der Waals surface area contributed by atoms with Crippen molar-refractivity contribution in [2.45, 2.75) is 6.42 Å². The minimum Gasteiger partial charge on any atom is -0.267 e. The van der Waals surface area contributed by atoms with Crippen molar-refractivity contribution in [1.29, 1.82) is 0 Å². The summed E-state index contributed by atoms with van der Waals surface area (Å²) in [5, 5.41) is 5.71. The van der Waals surface area contributed by atoms with E-state index in [-0.39, 0.29) is 11.1 Å². The molecule has 1 aromatic heterocycles. The van der Waals surface area contributed by atoms with E-state index in [1.807, 2.05) is 24.3 Å². The molecule has 0 unspecified atom stereocenters. The number of hydrogen-bond acceptors (Lipinski definition) is 2. The lowest BCUT2D eigenvalue weighted by Crippen LogP contribution is -2.19. The largest absolute Gasteiger partial charge is 0.271 e. The lowest BCUT2D eigenvalue weighted by molar-refractivity contribution is 0.976. The Kier molecular flexibility index (Phi) is 1.87. The Morgan fingerprint density at radius 1 is 0.842 bits per heavy atom. The van der Waals surface area contributed by atoms with Crippen LogP contribution in [0.5, 0.6) is 0 Å². The molecule has 0 saturated carbocycles. The van der Waals surface area contributed by atoms with Gasteiger partial charge in [0, 0.05) is 0 Å². The van der Waals surface area contributed by atoms with Gasteiger partial charge in [-0.3, -0.25) is 19.8 Å². The quantitative estimate of drug-likeness (QED) is 0.499. The molecule has 3 aromatic rings. The molecule has 92 valence electrons. The molecule has 19 heavy (non-hydrogen) atoms. The lowest BCUT2D eigenvalue weighted by atomic mass is 10.00. The zero-order valence-electron chi connectivity index (χ0n) is 9.99. The highest BCUT2D eigenvalue weighted by Crippen LogP contribution is 2.39. The van der Waals surface area contributed by atoms with Crippen molar-refractivity contribution in [2.24, 2.45) is 0 Å². The fourth-order valence-corrected chi connectivity index (χ4v) is 2.89. The molecule has 2 aromatic carbocycles. The summed E-state index contributed by atoms with van der Waals surface area (Å²) in [6.45, 7) is 0. The van der Waals surface area contributed by atoms with Gasteiger partial charge in [0.15, 0.2) is 0 Å². The molecule has 0 fully saturated rings. The highest BCUT2D eigenvalue weighted by molar-refractivity contribution is 6.00. The summed E-state index contributed by atoms with van der Waals surface area (Å²) in [6.07, 6.45) is 0.813. The molecule has 4 heteroatoms. The van der Waals surface area contributed by atoms with Crippen molar-refractivity contribution >= 4 is 10.8 Å². The Labute approximate surface area is 107 Å².